The van der Waals surface area contributed by atoms with Crippen LogP contribution in [0.3, 0.4) is 0 Å². The molecular formula is C20H18ClNO4. The number of alkyl carbamates (subject to hydrolysis) is 1. The number of hydrogen-bond acceptors (Lipinski definition) is 3. The van der Waals surface area contributed by atoms with E-state index < -0.39 is 12.1 Å². The van der Waals surface area contributed by atoms with Crippen LogP contribution in [0.15, 0.2) is 48.5 Å². The van der Waals surface area contributed by atoms with Gasteiger partial charge in [-0.05, 0) is 23.3 Å². The van der Waals surface area contributed by atoms with E-state index in [0.29, 0.717) is 29.1 Å². The number of carboxylic acids is 1. The third-order valence-corrected chi connectivity index (χ3v) is 3.71. The number of hydrogen-bond donors (Lipinski definition) is 2. The minimum absolute atomic E-state index is 0.123. The molecule has 134 valence electrons. The van der Waals surface area contributed by atoms with Crippen LogP contribution in [0.5, 0.6) is 0 Å². The summed E-state index contributed by atoms with van der Waals surface area (Å²) in [5, 5.41) is 11.8. The van der Waals surface area contributed by atoms with E-state index in [1.54, 1.807) is 18.2 Å². The minimum Gasteiger partial charge on any atom is -0.481 e. The van der Waals surface area contributed by atoms with Crippen LogP contribution in [0.25, 0.3) is 0 Å². The first kappa shape index (κ1) is 19.4. The fourth-order valence-electron chi connectivity index (χ4n) is 2.10. The average molecular weight is 372 g/mol. The highest BCUT2D eigenvalue weighted by Gasteiger charge is 2.05. The SMILES string of the molecule is O=C(O)Cc1ccc(C#CCCNC(=O)OCc2ccccc2)cc1Cl. The van der Waals surface area contributed by atoms with E-state index in [4.69, 9.17) is 21.4 Å². The van der Waals surface area contributed by atoms with Crippen molar-refractivity contribution in [3.8, 4) is 11.8 Å². The van der Waals surface area contributed by atoms with Gasteiger partial charge in [-0.3, -0.25) is 4.79 Å². The lowest BCUT2D eigenvalue weighted by Gasteiger charge is -2.05. The number of ether oxygens (including phenoxy) is 1. The maximum absolute atomic E-state index is 11.6. The molecule has 0 unspecified atom stereocenters. The largest absolute Gasteiger partial charge is 0.481 e. The number of amides is 1. The molecule has 0 fully saturated rings. The third kappa shape index (κ3) is 6.88. The summed E-state index contributed by atoms with van der Waals surface area (Å²) in [6, 6.07) is 14.4. The molecule has 2 aromatic rings. The second-order valence-electron chi connectivity index (χ2n) is 5.42. The minimum atomic E-state index is -0.934. The molecule has 0 aliphatic carbocycles. The fraction of sp³-hybridized carbons (Fsp3) is 0.200. The highest BCUT2D eigenvalue weighted by Crippen LogP contribution is 2.18. The van der Waals surface area contributed by atoms with Gasteiger partial charge in [0.2, 0.25) is 0 Å². The second-order valence-corrected chi connectivity index (χ2v) is 5.82. The molecule has 0 radical (unpaired) electrons. The van der Waals surface area contributed by atoms with Gasteiger partial charge in [-0.25, -0.2) is 4.79 Å². The summed E-state index contributed by atoms with van der Waals surface area (Å²) in [4.78, 5) is 22.3. The van der Waals surface area contributed by atoms with Crippen LogP contribution in [0.4, 0.5) is 4.79 Å². The standard InChI is InChI=1S/C20H18ClNO4/c21-18-12-15(9-10-17(18)13-19(23)24)6-4-5-11-22-20(25)26-14-16-7-2-1-3-8-16/h1-3,7-10,12H,5,11,13-14H2,(H,22,25)(H,23,24). The number of nitrogens with one attached hydrogen (secondary N) is 1. The Labute approximate surface area is 156 Å². The van der Waals surface area contributed by atoms with Crippen molar-refractivity contribution < 1.29 is 19.4 Å². The van der Waals surface area contributed by atoms with Crippen LogP contribution in [-0.4, -0.2) is 23.7 Å². The lowest BCUT2D eigenvalue weighted by atomic mass is 10.1. The lowest BCUT2D eigenvalue weighted by molar-refractivity contribution is -0.136. The van der Waals surface area contributed by atoms with Crippen LogP contribution in [0, 0.1) is 11.8 Å². The Bertz CT molecular complexity index is 825. The zero-order valence-electron chi connectivity index (χ0n) is 14.0. The number of rotatable bonds is 6. The number of carboxylic acid groups (broad SMARTS) is 1. The number of carbonyl (C=O) groups excluding carboxylic acids is 1. The number of halogens is 1. The maximum Gasteiger partial charge on any atom is 0.407 e. The average Bonchev–Trinajstić information content (AvgIpc) is 2.62. The molecule has 2 rings (SSSR count). The molecule has 5 nitrogen and oxygen atoms in total. The lowest BCUT2D eigenvalue weighted by Crippen LogP contribution is -2.24. The molecule has 6 heteroatoms. The van der Waals surface area contributed by atoms with E-state index >= 15 is 0 Å². The zero-order valence-corrected chi connectivity index (χ0v) is 14.8. The summed E-state index contributed by atoms with van der Waals surface area (Å²) in [6.07, 6.45) is -0.159. The first-order chi connectivity index (χ1) is 12.5. The zero-order chi connectivity index (χ0) is 18.8. The van der Waals surface area contributed by atoms with E-state index in [1.807, 2.05) is 30.3 Å². The van der Waals surface area contributed by atoms with Crippen LogP contribution in [-0.2, 0) is 22.6 Å². The predicted octanol–water partition coefficient (Wildman–Crippen LogP) is 3.64. The molecule has 0 aliphatic heterocycles. The smallest absolute Gasteiger partial charge is 0.407 e. The van der Waals surface area contributed by atoms with Gasteiger partial charge in [-0.2, -0.15) is 0 Å². The van der Waals surface area contributed by atoms with Gasteiger partial charge >= 0.3 is 12.1 Å². The Morgan fingerprint density at radius 3 is 2.62 bits per heavy atom. The van der Waals surface area contributed by atoms with Crippen molar-refractivity contribution in [3.05, 3.63) is 70.2 Å². The molecule has 0 saturated carbocycles. The molecule has 0 spiro atoms. The van der Waals surface area contributed by atoms with E-state index in [9.17, 15) is 9.59 Å². The van der Waals surface area contributed by atoms with Gasteiger partial charge in [0.15, 0.2) is 0 Å². The van der Waals surface area contributed by atoms with Crippen LogP contribution in [0.1, 0.15) is 23.1 Å². The molecular weight excluding hydrogens is 354 g/mol. The summed E-state index contributed by atoms with van der Waals surface area (Å²) < 4.78 is 5.09. The summed E-state index contributed by atoms with van der Waals surface area (Å²) in [7, 11) is 0. The van der Waals surface area contributed by atoms with Crippen molar-refractivity contribution in [3.63, 3.8) is 0 Å². The summed E-state index contributed by atoms with van der Waals surface area (Å²) >= 11 is 6.04. The molecule has 0 aromatic heterocycles. The number of carbonyl (C=O) groups is 2. The van der Waals surface area contributed by atoms with Crippen LogP contribution < -0.4 is 5.32 Å². The third-order valence-electron chi connectivity index (χ3n) is 3.36. The molecule has 0 saturated heterocycles. The molecule has 2 aromatic carbocycles. The summed E-state index contributed by atoms with van der Waals surface area (Å²) in [5.41, 5.74) is 2.16. The topological polar surface area (TPSA) is 75.6 Å². The molecule has 2 N–H and O–H groups in total. The monoisotopic (exact) mass is 371 g/mol. The van der Waals surface area contributed by atoms with Crippen molar-refractivity contribution in [2.75, 3.05) is 6.54 Å². The normalized spacial score (nSPS) is 9.73. The second kappa shape index (κ2) is 10.1. The maximum atomic E-state index is 11.6. The Kier molecular flexibility index (Phi) is 7.53. The molecule has 26 heavy (non-hydrogen) atoms. The molecule has 0 aliphatic rings. The first-order valence-corrected chi connectivity index (χ1v) is 8.36. The summed E-state index contributed by atoms with van der Waals surface area (Å²) in [5.74, 6) is 4.91. The van der Waals surface area contributed by atoms with Gasteiger partial charge in [-0.1, -0.05) is 59.8 Å². The molecule has 1 amide bonds. The Balaban J connectivity index is 1.72. The van der Waals surface area contributed by atoms with E-state index in [-0.39, 0.29) is 13.0 Å². The predicted molar refractivity (Wildman–Crippen MR) is 98.9 cm³/mol. The van der Waals surface area contributed by atoms with Crippen molar-refractivity contribution in [2.24, 2.45) is 0 Å². The molecule has 0 bridgehead atoms. The van der Waals surface area contributed by atoms with Gasteiger partial charge in [0.25, 0.3) is 0 Å². The fourth-order valence-corrected chi connectivity index (χ4v) is 2.34. The van der Waals surface area contributed by atoms with Crippen LogP contribution in [0.2, 0.25) is 5.02 Å². The van der Waals surface area contributed by atoms with E-state index in [1.165, 1.54) is 0 Å². The van der Waals surface area contributed by atoms with Gasteiger partial charge in [0.1, 0.15) is 6.61 Å². The first-order valence-electron chi connectivity index (χ1n) is 7.98. The Morgan fingerprint density at radius 2 is 1.92 bits per heavy atom. The van der Waals surface area contributed by atoms with Crippen LogP contribution >= 0.6 is 11.6 Å². The Morgan fingerprint density at radius 1 is 1.15 bits per heavy atom. The number of benzene rings is 2. The van der Waals surface area contributed by atoms with E-state index in [0.717, 1.165) is 5.56 Å². The van der Waals surface area contributed by atoms with Crippen molar-refractivity contribution in [1.82, 2.24) is 5.32 Å². The van der Waals surface area contributed by atoms with Gasteiger partial charge in [-0.15, -0.1) is 0 Å². The van der Waals surface area contributed by atoms with Gasteiger partial charge < -0.3 is 15.2 Å². The van der Waals surface area contributed by atoms with Gasteiger partial charge in [0, 0.05) is 23.6 Å². The highest BCUT2D eigenvalue weighted by atomic mass is 35.5. The molecule has 0 atom stereocenters. The number of aliphatic carboxylic acids is 1. The van der Waals surface area contributed by atoms with E-state index in [2.05, 4.69) is 17.2 Å². The van der Waals surface area contributed by atoms with Crippen molar-refractivity contribution >= 4 is 23.7 Å². The quantitative estimate of drug-likeness (QED) is 0.600. The highest BCUT2D eigenvalue weighted by molar-refractivity contribution is 6.31. The Hall–Kier alpha value is -2.97. The van der Waals surface area contributed by atoms with Crippen molar-refractivity contribution in [1.29, 1.82) is 0 Å². The molecule has 0 heterocycles. The summed E-state index contributed by atoms with van der Waals surface area (Å²) in [6.45, 7) is 0.588. The van der Waals surface area contributed by atoms with Gasteiger partial charge in [0.05, 0.1) is 6.42 Å². The van der Waals surface area contributed by atoms with Crippen molar-refractivity contribution in [2.45, 2.75) is 19.4 Å².